The number of hydrogen-bond donors (Lipinski definition) is 1. The molecule has 0 bridgehead atoms. The summed E-state index contributed by atoms with van der Waals surface area (Å²) in [4.78, 5) is 25.0. The van der Waals surface area contributed by atoms with Crippen molar-refractivity contribution in [3.63, 3.8) is 0 Å². The van der Waals surface area contributed by atoms with Gasteiger partial charge in [-0.3, -0.25) is 9.59 Å². The first-order chi connectivity index (χ1) is 8.95. The Hall–Kier alpha value is -1.55. The number of anilines is 2. The number of carbonyl (C=O) groups is 2. The average Bonchev–Trinajstić information content (AvgIpc) is 2.64. The number of Topliss-reactive ketones (excluding diaryl/α,β-unsaturated/α-hetero) is 1. The quantitative estimate of drug-likeness (QED) is 0.862. The normalized spacial score (nSPS) is 15.2. The molecule has 0 radical (unpaired) electrons. The number of ketones is 1. The molecule has 0 saturated carbocycles. The van der Waals surface area contributed by atoms with E-state index in [2.05, 4.69) is 24.1 Å². The van der Waals surface area contributed by atoms with Gasteiger partial charge in [-0.1, -0.05) is 24.9 Å². The van der Waals surface area contributed by atoms with E-state index in [1.54, 1.807) is 12.1 Å². The molecule has 0 saturated heterocycles. The highest BCUT2D eigenvalue weighted by Crippen LogP contribution is 2.35. The van der Waals surface area contributed by atoms with Gasteiger partial charge in [-0.05, 0) is 25.5 Å². The summed E-state index contributed by atoms with van der Waals surface area (Å²) in [7, 11) is 1.96. The van der Waals surface area contributed by atoms with Crippen LogP contribution in [0.4, 0.5) is 11.4 Å². The van der Waals surface area contributed by atoms with Gasteiger partial charge in [0.2, 0.25) is 0 Å². The van der Waals surface area contributed by atoms with E-state index in [0.29, 0.717) is 22.3 Å². The minimum absolute atomic E-state index is 0.341. The summed E-state index contributed by atoms with van der Waals surface area (Å²) in [5.41, 5.74) is 1.73. The second-order valence-electron chi connectivity index (χ2n) is 4.88. The fourth-order valence-corrected chi connectivity index (χ4v) is 2.57. The maximum Gasteiger partial charge on any atom is 0.296 e. The Labute approximate surface area is 117 Å². The van der Waals surface area contributed by atoms with Crippen molar-refractivity contribution in [1.82, 2.24) is 0 Å². The van der Waals surface area contributed by atoms with E-state index >= 15 is 0 Å². The lowest BCUT2D eigenvalue weighted by Gasteiger charge is -2.28. The van der Waals surface area contributed by atoms with Crippen LogP contribution in [-0.4, -0.2) is 24.8 Å². The highest BCUT2D eigenvalue weighted by Gasteiger charge is 2.29. The number of hydrogen-bond acceptors (Lipinski definition) is 3. The number of nitrogens with zero attached hydrogens (tertiary/aromatic N) is 1. The molecule has 1 atom stereocenters. The van der Waals surface area contributed by atoms with Crippen LogP contribution >= 0.6 is 11.6 Å². The molecule has 1 unspecified atom stereocenters. The van der Waals surface area contributed by atoms with Crippen molar-refractivity contribution < 1.29 is 9.59 Å². The number of carbonyl (C=O) groups excluding carboxylic acids is 2. The van der Waals surface area contributed by atoms with Crippen LogP contribution in [0.25, 0.3) is 0 Å². The average molecular weight is 281 g/mol. The summed E-state index contributed by atoms with van der Waals surface area (Å²) in [6.45, 7) is 4.25. The molecule has 102 valence electrons. The van der Waals surface area contributed by atoms with Gasteiger partial charge in [0.25, 0.3) is 11.7 Å². The molecule has 1 aromatic rings. The van der Waals surface area contributed by atoms with Crippen LogP contribution in [0.15, 0.2) is 12.1 Å². The topological polar surface area (TPSA) is 49.4 Å². The molecule has 5 heteroatoms. The molecule has 1 N–H and O–H groups in total. The highest BCUT2D eigenvalue weighted by molar-refractivity contribution is 6.52. The van der Waals surface area contributed by atoms with E-state index in [9.17, 15) is 9.59 Å². The van der Waals surface area contributed by atoms with Crippen molar-refractivity contribution in [3.8, 4) is 0 Å². The Bertz CT molecular complexity index is 542. The zero-order chi connectivity index (χ0) is 14.2. The van der Waals surface area contributed by atoms with E-state index < -0.39 is 11.7 Å². The van der Waals surface area contributed by atoms with Gasteiger partial charge in [0.05, 0.1) is 22.0 Å². The third-order valence-electron chi connectivity index (χ3n) is 3.53. The van der Waals surface area contributed by atoms with E-state index in [4.69, 9.17) is 11.6 Å². The van der Waals surface area contributed by atoms with E-state index in [-0.39, 0.29) is 0 Å². The number of halogens is 1. The maximum atomic E-state index is 11.6. The van der Waals surface area contributed by atoms with Gasteiger partial charge in [-0.2, -0.15) is 0 Å². The van der Waals surface area contributed by atoms with Gasteiger partial charge in [-0.25, -0.2) is 0 Å². The predicted octanol–water partition coefficient (Wildman–Crippen LogP) is 3.10. The van der Waals surface area contributed by atoms with Crippen LogP contribution < -0.4 is 10.2 Å². The van der Waals surface area contributed by atoms with Crippen LogP contribution in [-0.2, 0) is 4.79 Å². The van der Waals surface area contributed by atoms with Crippen LogP contribution in [0, 0.1) is 0 Å². The minimum Gasteiger partial charge on any atom is -0.371 e. The van der Waals surface area contributed by atoms with Gasteiger partial charge in [-0.15, -0.1) is 0 Å². The van der Waals surface area contributed by atoms with Gasteiger partial charge in [0.15, 0.2) is 0 Å². The highest BCUT2D eigenvalue weighted by atomic mass is 35.5. The summed E-state index contributed by atoms with van der Waals surface area (Å²) in [5.74, 6) is -1.11. The molecular weight excluding hydrogens is 264 g/mol. The minimum atomic E-state index is -0.590. The Kier molecular flexibility index (Phi) is 3.80. The van der Waals surface area contributed by atoms with Crippen LogP contribution in [0.5, 0.6) is 0 Å². The molecule has 0 aliphatic carbocycles. The second-order valence-corrected chi connectivity index (χ2v) is 5.29. The van der Waals surface area contributed by atoms with E-state index in [0.717, 1.165) is 18.5 Å². The zero-order valence-corrected chi connectivity index (χ0v) is 12.0. The molecule has 2 rings (SSSR count). The van der Waals surface area contributed by atoms with Crippen molar-refractivity contribution in [2.75, 3.05) is 17.3 Å². The van der Waals surface area contributed by atoms with Crippen LogP contribution in [0.2, 0.25) is 5.02 Å². The third kappa shape index (κ3) is 2.45. The van der Waals surface area contributed by atoms with E-state index in [1.165, 1.54) is 0 Å². The summed E-state index contributed by atoms with van der Waals surface area (Å²) in [6, 6.07) is 3.68. The lowest BCUT2D eigenvalue weighted by atomic mass is 10.1. The molecule has 1 heterocycles. The van der Waals surface area contributed by atoms with Gasteiger partial charge >= 0.3 is 0 Å². The van der Waals surface area contributed by atoms with Crippen molar-refractivity contribution in [2.24, 2.45) is 0 Å². The molecule has 1 aliphatic heterocycles. The second kappa shape index (κ2) is 5.21. The first-order valence-electron chi connectivity index (χ1n) is 6.37. The standard InChI is InChI=1S/C14H17ClN2O2/c1-4-5-8(2)17(3)12-7-11-9(6-10(12)15)13(18)14(19)16-11/h6-8H,4-5H2,1-3H3,(H,16,18,19). The fourth-order valence-electron chi connectivity index (χ4n) is 2.27. The van der Waals surface area contributed by atoms with Gasteiger partial charge < -0.3 is 10.2 Å². The smallest absolute Gasteiger partial charge is 0.296 e. The summed E-state index contributed by atoms with van der Waals surface area (Å²) in [6.07, 6.45) is 2.14. The zero-order valence-electron chi connectivity index (χ0n) is 11.3. The number of rotatable bonds is 4. The monoisotopic (exact) mass is 280 g/mol. The molecule has 0 spiro atoms. The molecule has 0 aromatic heterocycles. The third-order valence-corrected chi connectivity index (χ3v) is 3.84. The number of amides is 1. The molecule has 0 fully saturated rings. The molecule has 19 heavy (non-hydrogen) atoms. The summed E-state index contributed by atoms with van der Waals surface area (Å²) >= 11 is 6.23. The molecule has 1 aliphatic rings. The van der Waals surface area contributed by atoms with Crippen LogP contribution in [0.1, 0.15) is 37.0 Å². The lowest BCUT2D eigenvalue weighted by molar-refractivity contribution is -0.112. The summed E-state index contributed by atoms with van der Waals surface area (Å²) < 4.78 is 0. The SMILES string of the molecule is CCCC(C)N(C)c1cc2c(cc1Cl)C(=O)C(=O)N2. The lowest BCUT2D eigenvalue weighted by Crippen LogP contribution is -2.28. The number of benzene rings is 1. The summed E-state index contributed by atoms with van der Waals surface area (Å²) in [5, 5.41) is 3.06. The first kappa shape index (κ1) is 13.9. The fraction of sp³-hybridized carbons (Fsp3) is 0.429. The van der Waals surface area contributed by atoms with Gasteiger partial charge in [0.1, 0.15) is 0 Å². The number of nitrogens with one attached hydrogen (secondary N) is 1. The molecule has 1 amide bonds. The van der Waals surface area contributed by atoms with E-state index in [1.807, 2.05) is 7.05 Å². The van der Waals surface area contributed by atoms with Crippen molar-refractivity contribution in [1.29, 1.82) is 0 Å². The number of fused-ring (bicyclic) bond motifs is 1. The Morgan fingerprint density at radius 1 is 1.37 bits per heavy atom. The molecule has 1 aromatic carbocycles. The van der Waals surface area contributed by atoms with Crippen LogP contribution in [0.3, 0.4) is 0 Å². The molecular formula is C14H17ClN2O2. The Morgan fingerprint density at radius 2 is 2.05 bits per heavy atom. The largest absolute Gasteiger partial charge is 0.371 e. The maximum absolute atomic E-state index is 11.6. The van der Waals surface area contributed by atoms with Gasteiger partial charge in [0, 0.05) is 13.1 Å². The van der Waals surface area contributed by atoms with Crippen molar-refractivity contribution >= 4 is 34.7 Å². The van der Waals surface area contributed by atoms with Crippen molar-refractivity contribution in [2.45, 2.75) is 32.7 Å². The predicted molar refractivity (Wildman–Crippen MR) is 77.2 cm³/mol. The van der Waals surface area contributed by atoms with Crippen molar-refractivity contribution in [3.05, 3.63) is 22.7 Å². The first-order valence-corrected chi connectivity index (χ1v) is 6.75. The Morgan fingerprint density at radius 3 is 2.68 bits per heavy atom. The Balaban J connectivity index is 2.37. The molecule has 4 nitrogen and oxygen atoms in total.